The van der Waals surface area contributed by atoms with Crippen LogP contribution in [0.2, 0.25) is 0 Å². The van der Waals surface area contributed by atoms with Gasteiger partial charge in [0.25, 0.3) is 0 Å². The van der Waals surface area contributed by atoms with Crippen LogP contribution in [0.3, 0.4) is 0 Å². The van der Waals surface area contributed by atoms with E-state index in [1.54, 1.807) is 18.3 Å². The fourth-order valence-corrected chi connectivity index (χ4v) is 5.47. The first kappa shape index (κ1) is 24.0. The number of aryl methyl sites for hydroxylation is 1. The summed E-state index contributed by atoms with van der Waals surface area (Å²) in [4.78, 5) is 31.8. The zero-order valence-electron chi connectivity index (χ0n) is 19.6. The molecule has 8 heteroatoms. The van der Waals surface area contributed by atoms with Gasteiger partial charge < -0.3 is 19.7 Å². The summed E-state index contributed by atoms with van der Waals surface area (Å²) in [5, 5.41) is 7.08. The highest BCUT2D eigenvalue weighted by atomic mass is 32.1. The van der Waals surface area contributed by atoms with Crippen LogP contribution in [-0.2, 0) is 22.6 Å². The van der Waals surface area contributed by atoms with E-state index < -0.39 is 0 Å². The van der Waals surface area contributed by atoms with E-state index in [0.29, 0.717) is 12.6 Å². The standard InChI is InChI=1S/C22H29N5O2S.C2H6/c1-15-10-19(11-25(15)7-4-20(23-14-28)18-6-9-30-13-18)27-16(2)24-21-12-26(17(3)29)8-5-22(21)27;1-2/h6,9,13-14,19-20H,1,4-5,7-8,10-12H2,2-3H3,(H,23,28);1-2H3. The molecule has 2 atom stereocenters. The van der Waals surface area contributed by atoms with Crippen molar-refractivity contribution in [3.63, 3.8) is 0 Å². The highest BCUT2D eigenvalue weighted by Gasteiger charge is 2.32. The Balaban J connectivity index is 0.00000141. The Morgan fingerprint density at radius 2 is 2.22 bits per heavy atom. The van der Waals surface area contributed by atoms with Crippen molar-refractivity contribution in [2.75, 3.05) is 19.6 Å². The molecule has 2 unspecified atom stereocenters. The minimum absolute atomic E-state index is 0.0286. The van der Waals surface area contributed by atoms with Gasteiger partial charge in [-0.3, -0.25) is 9.59 Å². The average molecular weight is 458 g/mol. The van der Waals surface area contributed by atoms with Gasteiger partial charge in [-0.05, 0) is 35.7 Å². The quantitative estimate of drug-likeness (QED) is 0.642. The van der Waals surface area contributed by atoms with Crippen LogP contribution in [0.25, 0.3) is 0 Å². The lowest BCUT2D eigenvalue weighted by atomic mass is 10.1. The molecule has 174 valence electrons. The second kappa shape index (κ2) is 10.8. The van der Waals surface area contributed by atoms with E-state index in [1.165, 1.54) is 5.69 Å². The van der Waals surface area contributed by atoms with Crippen molar-refractivity contribution < 1.29 is 9.59 Å². The maximum Gasteiger partial charge on any atom is 0.219 e. The third kappa shape index (κ3) is 5.06. The van der Waals surface area contributed by atoms with Crippen molar-refractivity contribution in [1.82, 2.24) is 24.7 Å². The zero-order valence-corrected chi connectivity index (χ0v) is 20.5. The number of aromatic nitrogens is 2. The van der Waals surface area contributed by atoms with Crippen LogP contribution in [0.4, 0.5) is 0 Å². The van der Waals surface area contributed by atoms with Crippen molar-refractivity contribution >= 4 is 23.7 Å². The van der Waals surface area contributed by atoms with E-state index >= 15 is 0 Å². The number of fused-ring (bicyclic) bond motifs is 1. The van der Waals surface area contributed by atoms with Crippen molar-refractivity contribution in [2.24, 2.45) is 0 Å². The molecule has 1 saturated heterocycles. The lowest BCUT2D eigenvalue weighted by Crippen LogP contribution is -2.35. The number of nitrogens with zero attached hydrogens (tertiary/aromatic N) is 4. The van der Waals surface area contributed by atoms with Crippen molar-refractivity contribution in [3.05, 3.63) is 51.9 Å². The Kier molecular flexibility index (Phi) is 8.12. The number of nitrogens with one attached hydrogen (secondary N) is 1. The lowest BCUT2D eigenvalue weighted by molar-refractivity contribution is -0.129. The average Bonchev–Trinajstić information content (AvgIpc) is 3.50. The lowest BCUT2D eigenvalue weighted by Gasteiger charge is -2.27. The summed E-state index contributed by atoms with van der Waals surface area (Å²) in [5.41, 5.74) is 4.59. The Morgan fingerprint density at radius 1 is 1.44 bits per heavy atom. The van der Waals surface area contributed by atoms with Gasteiger partial charge in [0.15, 0.2) is 0 Å². The molecule has 4 heterocycles. The van der Waals surface area contributed by atoms with E-state index in [4.69, 9.17) is 4.98 Å². The highest BCUT2D eigenvalue weighted by molar-refractivity contribution is 7.07. The van der Waals surface area contributed by atoms with E-state index in [-0.39, 0.29) is 11.9 Å². The number of likely N-dealkylation sites (tertiary alicyclic amines) is 1. The van der Waals surface area contributed by atoms with E-state index in [9.17, 15) is 9.59 Å². The second-order valence-corrected chi connectivity index (χ2v) is 8.95. The molecule has 4 rings (SSSR count). The molecule has 1 fully saturated rings. The van der Waals surface area contributed by atoms with Crippen LogP contribution in [0, 0.1) is 6.92 Å². The normalized spacial score (nSPS) is 18.6. The number of carbonyl (C=O) groups is 2. The highest BCUT2D eigenvalue weighted by Crippen LogP contribution is 2.34. The first-order chi connectivity index (χ1) is 15.5. The topological polar surface area (TPSA) is 70.5 Å². The Bertz CT molecular complexity index is 937. The van der Waals surface area contributed by atoms with Gasteiger partial charge in [-0.2, -0.15) is 11.3 Å². The number of amides is 2. The third-order valence-electron chi connectivity index (χ3n) is 6.29. The largest absolute Gasteiger partial charge is 0.373 e. The molecule has 0 saturated carbocycles. The molecular formula is C24H35N5O2S. The van der Waals surface area contributed by atoms with Crippen molar-refractivity contribution in [1.29, 1.82) is 0 Å². The smallest absolute Gasteiger partial charge is 0.219 e. The summed E-state index contributed by atoms with van der Waals surface area (Å²) in [6.07, 6.45) is 3.39. The van der Waals surface area contributed by atoms with Crippen LogP contribution in [0.1, 0.15) is 68.5 Å². The molecule has 2 amide bonds. The number of hydrogen-bond acceptors (Lipinski definition) is 5. The molecule has 0 radical (unpaired) electrons. The number of imidazole rings is 1. The third-order valence-corrected chi connectivity index (χ3v) is 6.99. The van der Waals surface area contributed by atoms with Crippen LogP contribution in [-0.4, -0.2) is 51.3 Å². The molecule has 0 aliphatic carbocycles. The summed E-state index contributed by atoms with van der Waals surface area (Å²) >= 11 is 1.65. The van der Waals surface area contributed by atoms with Gasteiger partial charge in [-0.1, -0.05) is 20.4 Å². The summed E-state index contributed by atoms with van der Waals surface area (Å²) in [7, 11) is 0. The SMILES string of the molecule is C=C1CC(n2c(C)nc3c2CCN(C(C)=O)C3)CN1CCC(NC=O)c1ccsc1.CC. The maximum atomic E-state index is 11.7. The van der Waals surface area contributed by atoms with Gasteiger partial charge in [0.1, 0.15) is 5.82 Å². The second-order valence-electron chi connectivity index (χ2n) is 8.17. The van der Waals surface area contributed by atoms with Crippen LogP contribution in [0.5, 0.6) is 0 Å². The molecule has 2 aromatic heterocycles. The fourth-order valence-electron chi connectivity index (χ4n) is 4.75. The first-order valence-corrected chi connectivity index (χ1v) is 12.4. The van der Waals surface area contributed by atoms with Crippen molar-refractivity contribution in [2.45, 2.75) is 65.6 Å². The van der Waals surface area contributed by atoms with E-state index in [2.05, 4.69) is 39.7 Å². The van der Waals surface area contributed by atoms with E-state index in [1.807, 2.05) is 24.1 Å². The molecule has 0 aromatic carbocycles. The molecule has 2 aromatic rings. The van der Waals surface area contributed by atoms with Gasteiger partial charge in [-0.15, -0.1) is 0 Å². The van der Waals surface area contributed by atoms with Gasteiger partial charge in [0, 0.05) is 50.8 Å². The molecule has 2 aliphatic rings. The predicted molar refractivity (Wildman–Crippen MR) is 128 cm³/mol. The summed E-state index contributed by atoms with van der Waals surface area (Å²) < 4.78 is 2.37. The maximum absolute atomic E-state index is 11.7. The molecule has 2 aliphatic heterocycles. The number of allylic oxidation sites excluding steroid dienone is 1. The number of thiophene rings is 1. The minimum Gasteiger partial charge on any atom is -0.373 e. The molecule has 32 heavy (non-hydrogen) atoms. The zero-order chi connectivity index (χ0) is 23.3. The van der Waals surface area contributed by atoms with Crippen LogP contribution >= 0.6 is 11.3 Å². The van der Waals surface area contributed by atoms with Crippen molar-refractivity contribution in [3.8, 4) is 0 Å². The predicted octanol–water partition coefficient (Wildman–Crippen LogP) is 3.82. The molecule has 0 bridgehead atoms. The minimum atomic E-state index is 0.0286. The molecule has 0 spiro atoms. The molecular weight excluding hydrogens is 422 g/mol. The number of hydrogen-bond donors (Lipinski definition) is 1. The Labute approximate surface area is 195 Å². The van der Waals surface area contributed by atoms with Gasteiger partial charge >= 0.3 is 0 Å². The Hall–Kier alpha value is -2.61. The molecule has 1 N–H and O–H groups in total. The summed E-state index contributed by atoms with van der Waals surface area (Å²) in [5.74, 6) is 1.13. The van der Waals surface area contributed by atoms with Gasteiger partial charge in [0.2, 0.25) is 12.3 Å². The number of carbonyl (C=O) groups excluding carboxylic acids is 2. The van der Waals surface area contributed by atoms with Crippen LogP contribution in [0.15, 0.2) is 29.1 Å². The fraction of sp³-hybridized carbons (Fsp3) is 0.542. The molecule has 7 nitrogen and oxygen atoms in total. The summed E-state index contributed by atoms with van der Waals surface area (Å²) in [6.45, 7) is 15.1. The van der Waals surface area contributed by atoms with Crippen LogP contribution < -0.4 is 5.32 Å². The van der Waals surface area contributed by atoms with Gasteiger partial charge in [-0.25, -0.2) is 4.98 Å². The monoisotopic (exact) mass is 457 g/mol. The summed E-state index contributed by atoms with van der Waals surface area (Å²) in [6, 6.07) is 2.41. The van der Waals surface area contributed by atoms with E-state index in [0.717, 1.165) is 68.1 Å². The van der Waals surface area contributed by atoms with Gasteiger partial charge in [0.05, 0.1) is 24.3 Å². The Morgan fingerprint density at radius 3 is 2.88 bits per heavy atom. The number of rotatable bonds is 7. The first-order valence-electron chi connectivity index (χ1n) is 11.4.